The number of hydrogen-bond donors (Lipinski definition) is 0. The maximum Gasteiger partial charge on any atom is 0.238 e. The molecular weight excluding hydrogens is 787 g/mol. The molecule has 0 fully saturated rings. The van der Waals surface area contributed by atoms with Crippen LogP contribution in [0, 0.1) is 0 Å². The Balaban J connectivity index is 1.01. The number of fused-ring (bicyclic) bond motifs is 9. The quantitative estimate of drug-likeness (QED) is 0.168. The van der Waals surface area contributed by atoms with E-state index in [1.165, 1.54) is 42.1 Å². The zero-order valence-electron chi connectivity index (χ0n) is 33.9. The van der Waals surface area contributed by atoms with E-state index in [9.17, 15) is 0 Å². The molecule has 4 heterocycles. The highest BCUT2D eigenvalue weighted by molar-refractivity contribution is 7.25. The normalized spacial score (nSPS) is 11.8. The lowest BCUT2D eigenvalue weighted by atomic mass is 10.0. The lowest BCUT2D eigenvalue weighted by Gasteiger charge is -2.13. The summed E-state index contributed by atoms with van der Waals surface area (Å²) in [6.45, 7) is 0. The van der Waals surface area contributed by atoms with Gasteiger partial charge in [0.15, 0.2) is 11.6 Å². The summed E-state index contributed by atoms with van der Waals surface area (Å²) >= 11 is 1.85. The smallest absolute Gasteiger partial charge is 0.238 e. The van der Waals surface area contributed by atoms with E-state index in [1.54, 1.807) is 0 Å². The van der Waals surface area contributed by atoms with E-state index in [0.29, 0.717) is 17.6 Å². The van der Waals surface area contributed by atoms with Gasteiger partial charge in [0.05, 0.1) is 22.1 Å². The third-order valence-electron chi connectivity index (χ3n) is 12.4. The molecule has 13 aromatic rings. The molecule has 4 aromatic heterocycles. The van der Waals surface area contributed by atoms with Crippen LogP contribution in [0.1, 0.15) is 0 Å². The van der Waals surface area contributed by atoms with Gasteiger partial charge in [-0.15, -0.1) is 11.3 Å². The lowest BCUT2D eigenvalue weighted by molar-refractivity contribution is 0.953. The fourth-order valence-corrected chi connectivity index (χ4v) is 10.6. The molecule has 0 radical (unpaired) electrons. The second kappa shape index (κ2) is 14.2. The molecule has 0 bridgehead atoms. The van der Waals surface area contributed by atoms with E-state index < -0.39 is 0 Å². The zero-order chi connectivity index (χ0) is 41.4. The first-order chi connectivity index (χ1) is 31.2. The summed E-state index contributed by atoms with van der Waals surface area (Å²) in [5.41, 5.74) is 11.9. The molecule has 0 amide bonds. The van der Waals surface area contributed by atoms with E-state index in [-0.39, 0.29) is 0 Å². The van der Waals surface area contributed by atoms with Gasteiger partial charge in [-0.25, -0.2) is 4.98 Å². The third kappa shape index (κ3) is 5.80. The minimum atomic E-state index is 0.569. The number of rotatable bonds is 6. The number of aromatic nitrogens is 5. The van der Waals surface area contributed by atoms with Crippen LogP contribution in [0.3, 0.4) is 0 Å². The van der Waals surface area contributed by atoms with Gasteiger partial charge in [0.25, 0.3) is 0 Å². The number of thiophene rings is 1. The highest BCUT2D eigenvalue weighted by atomic mass is 32.1. The molecule has 0 saturated heterocycles. The average Bonchev–Trinajstić information content (AvgIpc) is 4.01. The Labute approximate surface area is 366 Å². The monoisotopic (exact) mass is 821 g/mol. The fourth-order valence-electron chi connectivity index (χ4n) is 9.42. The highest BCUT2D eigenvalue weighted by Gasteiger charge is 2.20. The summed E-state index contributed by atoms with van der Waals surface area (Å²) in [6.07, 6.45) is 0. The van der Waals surface area contributed by atoms with Gasteiger partial charge in [0.2, 0.25) is 5.95 Å². The Hall–Kier alpha value is -8.19. The fraction of sp³-hybridized carbons (Fsp3) is 0. The molecule has 9 aromatic carbocycles. The summed E-state index contributed by atoms with van der Waals surface area (Å²) in [6, 6.07) is 75.7. The zero-order valence-corrected chi connectivity index (χ0v) is 34.7. The van der Waals surface area contributed by atoms with Crippen LogP contribution in [0.5, 0.6) is 0 Å². The molecule has 0 atom stereocenters. The molecule has 13 rings (SSSR count). The first-order valence-electron chi connectivity index (χ1n) is 21.2. The molecule has 0 aliphatic carbocycles. The second-order valence-corrected chi connectivity index (χ2v) is 17.1. The van der Waals surface area contributed by atoms with E-state index in [4.69, 9.17) is 15.0 Å². The van der Waals surface area contributed by atoms with Crippen molar-refractivity contribution in [3.05, 3.63) is 212 Å². The maximum atomic E-state index is 5.36. The van der Waals surface area contributed by atoms with Crippen LogP contribution >= 0.6 is 11.3 Å². The highest BCUT2D eigenvalue weighted by Crippen LogP contribution is 2.40. The number of para-hydroxylation sites is 2. The van der Waals surface area contributed by atoms with Gasteiger partial charge in [-0.3, -0.25) is 4.57 Å². The van der Waals surface area contributed by atoms with Crippen molar-refractivity contribution in [3.8, 4) is 56.7 Å². The van der Waals surface area contributed by atoms with Crippen LogP contribution in [-0.2, 0) is 0 Å². The Morgan fingerprint density at radius 3 is 1.52 bits per heavy atom. The molecule has 6 heteroatoms. The Morgan fingerprint density at radius 1 is 0.286 bits per heavy atom. The van der Waals surface area contributed by atoms with Crippen molar-refractivity contribution in [1.82, 2.24) is 24.1 Å². The van der Waals surface area contributed by atoms with Gasteiger partial charge in [-0.1, -0.05) is 164 Å². The minimum Gasteiger partial charge on any atom is -0.309 e. The van der Waals surface area contributed by atoms with Crippen LogP contribution in [-0.4, -0.2) is 24.1 Å². The molecule has 0 aliphatic heterocycles. The van der Waals surface area contributed by atoms with E-state index >= 15 is 0 Å². The van der Waals surface area contributed by atoms with Crippen LogP contribution in [0.15, 0.2) is 212 Å². The summed E-state index contributed by atoms with van der Waals surface area (Å²) in [7, 11) is 0. The average molecular weight is 822 g/mol. The van der Waals surface area contributed by atoms with Crippen molar-refractivity contribution in [2.75, 3.05) is 0 Å². The summed E-state index contributed by atoms with van der Waals surface area (Å²) in [5.74, 6) is 1.79. The summed E-state index contributed by atoms with van der Waals surface area (Å²) in [4.78, 5) is 15.8. The van der Waals surface area contributed by atoms with Crippen LogP contribution < -0.4 is 0 Å². The third-order valence-corrected chi connectivity index (χ3v) is 13.5. The lowest BCUT2D eigenvalue weighted by Crippen LogP contribution is -2.06. The van der Waals surface area contributed by atoms with E-state index in [0.717, 1.165) is 60.8 Å². The van der Waals surface area contributed by atoms with Crippen molar-refractivity contribution in [2.24, 2.45) is 0 Å². The van der Waals surface area contributed by atoms with Crippen molar-refractivity contribution < 1.29 is 0 Å². The molecule has 0 aliphatic rings. The second-order valence-electron chi connectivity index (χ2n) is 16.0. The van der Waals surface area contributed by atoms with Gasteiger partial charge in [0.1, 0.15) is 0 Å². The first kappa shape index (κ1) is 35.6. The van der Waals surface area contributed by atoms with Gasteiger partial charge in [0, 0.05) is 58.5 Å². The molecule has 0 spiro atoms. The molecule has 5 nitrogen and oxygen atoms in total. The predicted molar refractivity (Wildman–Crippen MR) is 263 cm³/mol. The molecular formula is C57H35N5S. The number of benzene rings is 9. The largest absolute Gasteiger partial charge is 0.309 e. The van der Waals surface area contributed by atoms with Crippen molar-refractivity contribution in [3.63, 3.8) is 0 Å². The van der Waals surface area contributed by atoms with Crippen LogP contribution in [0.25, 0.3) is 120 Å². The number of hydrogen-bond acceptors (Lipinski definition) is 4. The number of nitrogens with zero attached hydrogens (tertiary/aromatic N) is 5. The standard InChI is InChI=1S/C57H35N5S/c1-3-14-36(15-4-1)39-26-29-46-44-21-8-11-24-50(44)62(52(46)33-39)57-59-55(37-16-5-2-6-17-37)58-56(60-57)41-28-30-45-43-20-7-10-23-49(43)61(51(45)34-41)42-19-13-18-38(32-42)40-27-31-48-47-22-9-12-25-53(47)63-54(48)35-40/h1-35H. The molecule has 0 saturated carbocycles. The Bertz CT molecular complexity index is 3920. The Morgan fingerprint density at radius 2 is 0.778 bits per heavy atom. The Kier molecular flexibility index (Phi) is 8.01. The topological polar surface area (TPSA) is 48.5 Å². The predicted octanol–water partition coefficient (Wildman–Crippen LogP) is 15.1. The molecule has 0 unspecified atom stereocenters. The molecule has 294 valence electrons. The van der Waals surface area contributed by atoms with Gasteiger partial charge in [-0.2, -0.15) is 9.97 Å². The van der Waals surface area contributed by atoms with Crippen molar-refractivity contribution in [1.29, 1.82) is 0 Å². The first-order valence-corrected chi connectivity index (χ1v) is 22.0. The summed E-state index contributed by atoms with van der Waals surface area (Å²) in [5, 5.41) is 7.26. The van der Waals surface area contributed by atoms with Crippen LogP contribution in [0.2, 0.25) is 0 Å². The maximum absolute atomic E-state index is 5.36. The van der Waals surface area contributed by atoms with E-state index in [1.807, 2.05) is 29.5 Å². The summed E-state index contributed by atoms with van der Waals surface area (Å²) < 4.78 is 7.19. The van der Waals surface area contributed by atoms with Gasteiger partial charge < -0.3 is 4.57 Å². The van der Waals surface area contributed by atoms with E-state index in [2.05, 4.69) is 203 Å². The minimum absolute atomic E-state index is 0.569. The van der Waals surface area contributed by atoms with Crippen LogP contribution in [0.4, 0.5) is 0 Å². The molecule has 0 N–H and O–H groups in total. The van der Waals surface area contributed by atoms with Gasteiger partial charge >= 0.3 is 0 Å². The van der Waals surface area contributed by atoms with Gasteiger partial charge in [-0.05, 0) is 70.8 Å². The van der Waals surface area contributed by atoms with Crippen molar-refractivity contribution in [2.45, 2.75) is 0 Å². The SMILES string of the molecule is c1ccc(-c2ccc3c4ccccc4n(-c4nc(-c5ccccc5)nc(-c5ccc6c7ccccc7n(-c7cccc(-c8ccc9c(c8)sc8ccccc89)c7)c6c5)n4)c3c2)cc1. The van der Waals surface area contributed by atoms with Crippen molar-refractivity contribution >= 4 is 75.1 Å². The molecule has 63 heavy (non-hydrogen) atoms.